The Kier molecular flexibility index (Phi) is 6.75. The van der Waals surface area contributed by atoms with E-state index in [2.05, 4.69) is 4.98 Å². The van der Waals surface area contributed by atoms with E-state index >= 15 is 0 Å². The SMILES string of the molecule is C[C@@H](C[C@@H](c1nccs1)N(C)C(=O)OC(C)(C)C)C(Cl)Cl. The Morgan fingerprint density at radius 2 is 2.10 bits per heavy atom. The molecule has 1 rings (SSSR count). The van der Waals surface area contributed by atoms with E-state index in [9.17, 15) is 4.79 Å². The molecule has 0 saturated heterocycles. The predicted octanol–water partition coefficient (Wildman–Crippen LogP) is 4.88. The largest absolute Gasteiger partial charge is 0.444 e. The van der Waals surface area contributed by atoms with Crippen LogP contribution < -0.4 is 0 Å². The Morgan fingerprint density at radius 1 is 1.48 bits per heavy atom. The third kappa shape index (κ3) is 6.01. The third-order valence-electron chi connectivity index (χ3n) is 2.91. The summed E-state index contributed by atoms with van der Waals surface area (Å²) in [5.41, 5.74) is -0.536. The first-order chi connectivity index (χ1) is 9.61. The van der Waals surface area contributed by atoms with Crippen LogP contribution in [0.3, 0.4) is 0 Å². The third-order valence-corrected chi connectivity index (χ3v) is 4.65. The molecular formula is C14H22Cl2N2O2S. The van der Waals surface area contributed by atoms with Gasteiger partial charge < -0.3 is 9.64 Å². The Balaban J connectivity index is 2.88. The van der Waals surface area contributed by atoms with E-state index < -0.39 is 10.4 Å². The molecule has 7 heteroatoms. The maximum absolute atomic E-state index is 12.3. The number of hydrogen-bond acceptors (Lipinski definition) is 4. The first-order valence-corrected chi connectivity index (χ1v) is 8.50. The number of alkyl halides is 2. The van der Waals surface area contributed by atoms with Gasteiger partial charge in [0.25, 0.3) is 0 Å². The predicted molar refractivity (Wildman–Crippen MR) is 88.1 cm³/mol. The lowest BCUT2D eigenvalue weighted by Crippen LogP contribution is -2.37. The fourth-order valence-corrected chi connectivity index (χ4v) is 2.74. The van der Waals surface area contributed by atoms with Crippen LogP contribution in [0.1, 0.15) is 45.2 Å². The average Bonchev–Trinajstić information content (AvgIpc) is 2.85. The zero-order valence-electron chi connectivity index (χ0n) is 13.0. The van der Waals surface area contributed by atoms with Crippen LogP contribution in [-0.2, 0) is 4.74 Å². The van der Waals surface area contributed by atoms with Crippen molar-refractivity contribution in [1.29, 1.82) is 0 Å². The van der Waals surface area contributed by atoms with Crippen molar-refractivity contribution in [2.75, 3.05) is 7.05 Å². The highest BCUT2D eigenvalue weighted by atomic mass is 35.5. The van der Waals surface area contributed by atoms with E-state index in [0.717, 1.165) is 5.01 Å². The Hall–Kier alpha value is -0.520. The van der Waals surface area contributed by atoms with Gasteiger partial charge >= 0.3 is 6.09 Å². The molecule has 0 saturated carbocycles. The molecule has 0 aliphatic heterocycles. The van der Waals surface area contributed by atoms with E-state index in [-0.39, 0.29) is 18.1 Å². The lowest BCUT2D eigenvalue weighted by atomic mass is 10.0. The van der Waals surface area contributed by atoms with Gasteiger partial charge in [0.05, 0.1) is 6.04 Å². The molecule has 0 aromatic carbocycles. The number of carbonyl (C=O) groups is 1. The number of hydrogen-bond donors (Lipinski definition) is 0. The zero-order valence-corrected chi connectivity index (χ0v) is 15.3. The molecule has 1 heterocycles. The number of thiazole rings is 1. The van der Waals surface area contributed by atoms with Crippen molar-refractivity contribution in [2.45, 2.75) is 50.6 Å². The standard InChI is InChI=1S/C14H22Cl2N2O2S/c1-9(11(15)16)8-10(12-17-6-7-21-12)18(5)13(19)20-14(2,3)4/h6-7,9-11H,8H2,1-5H3/t9-,10-/m0/s1. The number of aromatic nitrogens is 1. The van der Waals surface area contributed by atoms with Gasteiger partial charge in [-0.05, 0) is 33.1 Å². The summed E-state index contributed by atoms with van der Waals surface area (Å²) >= 11 is 13.4. The molecule has 0 aliphatic carbocycles. The van der Waals surface area contributed by atoms with Gasteiger partial charge in [0.15, 0.2) is 0 Å². The normalized spacial score (nSPS) is 14.9. The Morgan fingerprint density at radius 3 is 2.52 bits per heavy atom. The number of amides is 1. The fraction of sp³-hybridized carbons (Fsp3) is 0.714. The average molecular weight is 353 g/mol. The first-order valence-electron chi connectivity index (χ1n) is 6.75. The Labute approximate surface area is 140 Å². The second kappa shape index (κ2) is 7.65. The number of carbonyl (C=O) groups excluding carboxylic acids is 1. The molecule has 1 amide bonds. The van der Waals surface area contributed by atoms with Crippen LogP contribution in [0.2, 0.25) is 0 Å². The highest BCUT2D eigenvalue weighted by Gasteiger charge is 2.30. The van der Waals surface area contributed by atoms with Gasteiger partial charge in [-0.1, -0.05) is 6.92 Å². The number of ether oxygens (including phenoxy) is 1. The molecule has 120 valence electrons. The maximum atomic E-state index is 12.3. The van der Waals surface area contributed by atoms with Crippen LogP contribution in [0.4, 0.5) is 4.79 Å². The van der Waals surface area contributed by atoms with Crippen molar-refractivity contribution in [3.05, 3.63) is 16.6 Å². The van der Waals surface area contributed by atoms with Gasteiger partial charge in [-0.15, -0.1) is 34.5 Å². The topological polar surface area (TPSA) is 42.4 Å². The number of rotatable bonds is 5. The summed E-state index contributed by atoms with van der Waals surface area (Å²) < 4.78 is 5.42. The van der Waals surface area contributed by atoms with E-state index in [1.807, 2.05) is 33.1 Å². The molecule has 0 unspecified atom stereocenters. The van der Waals surface area contributed by atoms with Gasteiger partial charge in [-0.3, -0.25) is 0 Å². The zero-order chi connectivity index (χ0) is 16.2. The van der Waals surface area contributed by atoms with E-state index in [4.69, 9.17) is 27.9 Å². The molecule has 0 N–H and O–H groups in total. The van der Waals surface area contributed by atoms with Gasteiger partial charge in [0.2, 0.25) is 0 Å². The van der Waals surface area contributed by atoms with Crippen LogP contribution >= 0.6 is 34.5 Å². The molecule has 2 atom stereocenters. The Bertz CT molecular complexity index is 446. The molecule has 0 aliphatic rings. The summed E-state index contributed by atoms with van der Waals surface area (Å²) in [4.78, 5) is 17.7. The van der Waals surface area contributed by atoms with E-state index in [1.54, 1.807) is 18.1 Å². The highest BCUT2D eigenvalue weighted by molar-refractivity contribution is 7.09. The van der Waals surface area contributed by atoms with Crippen LogP contribution in [0.15, 0.2) is 11.6 Å². The van der Waals surface area contributed by atoms with Gasteiger partial charge in [0.1, 0.15) is 15.4 Å². The molecule has 0 bridgehead atoms. The second-order valence-corrected chi connectivity index (χ2v) is 8.11. The monoisotopic (exact) mass is 352 g/mol. The van der Waals surface area contributed by atoms with Gasteiger partial charge in [0, 0.05) is 18.6 Å². The summed E-state index contributed by atoms with van der Waals surface area (Å²) in [6.07, 6.45) is 1.97. The lowest BCUT2D eigenvalue weighted by Gasteiger charge is -2.31. The summed E-state index contributed by atoms with van der Waals surface area (Å²) in [5, 5.41) is 2.73. The van der Waals surface area contributed by atoms with Crippen molar-refractivity contribution in [3.63, 3.8) is 0 Å². The van der Waals surface area contributed by atoms with Crippen molar-refractivity contribution in [3.8, 4) is 0 Å². The van der Waals surface area contributed by atoms with Crippen molar-refractivity contribution >= 4 is 40.6 Å². The van der Waals surface area contributed by atoms with Crippen LogP contribution in [0.25, 0.3) is 0 Å². The molecule has 21 heavy (non-hydrogen) atoms. The maximum Gasteiger partial charge on any atom is 0.410 e. The first kappa shape index (κ1) is 18.5. The molecule has 0 fully saturated rings. The van der Waals surface area contributed by atoms with Crippen molar-refractivity contribution in [2.24, 2.45) is 5.92 Å². The summed E-state index contributed by atoms with van der Waals surface area (Å²) in [7, 11) is 1.71. The van der Waals surface area contributed by atoms with Crippen molar-refractivity contribution in [1.82, 2.24) is 9.88 Å². The lowest BCUT2D eigenvalue weighted by molar-refractivity contribution is 0.0201. The van der Waals surface area contributed by atoms with Crippen LogP contribution in [-0.4, -0.2) is 33.5 Å². The van der Waals surface area contributed by atoms with E-state index in [1.165, 1.54) is 11.3 Å². The second-order valence-electron chi connectivity index (χ2n) is 6.02. The van der Waals surface area contributed by atoms with Crippen LogP contribution in [0, 0.1) is 5.92 Å². The summed E-state index contributed by atoms with van der Waals surface area (Å²) in [6, 6.07) is -0.199. The minimum atomic E-state index is -0.536. The minimum absolute atomic E-state index is 0.0344. The van der Waals surface area contributed by atoms with Crippen molar-refractivity contribution < 1.29 is 9.53 Å². The minimum Gasteiger partial charge on any atom is -0.444 e. The quantitative estimate of drug-likeness (QED) is 0.709. The molecule has 1 aromatic heterocycles. The molecule has 1 aromatic rings. The van der Waals surface area contributed by atoms with Gasteiger partial charge in [-0.25, -0.2) is 9.78 Å². The van der Waals surface area contributed by atoms with Crippen LogP contribution in [0.5, 0.6) is 0 Å². The summed E-state index contributed by atoms with van der Waals surface area (Å²) in [6.45, 7) is 7.47. The molecule has 0 radical (unpaired) electrons. The number of nitrogens with zero attached hydrogens (tertiary/aromatic N) is 2. The van der Waals surface area contributed by atoms with Gasteiger partial charge in [-0.2, -0.15) is 0 Å². The smallest absolute Gasteiger partial charge is 0.410 e. The van der Waals surface area contributed by atoms with E-state index in [0.29, 0.717) is 6.42 Å². The molecule has 4 nitrogen and oxygen atoms in total. The molecular weight excluding hydrogens is 331 g/mol. The number of halogens is 2. The highest BCUT2D eigenvalue weighted by Crippen LogP contribution is 2.32. The summed E-state index contributed by atoms with van der Waals surface area (Å²) in [5.74, 6) is 0.0344. The fourth-order valence-electron chi connectivity index (χ4n) is 1.74. The molecule has 0 spiro atoms.